The van der Waals surface area contributed by atoms with Crippen LogP contribution in [0.3, 0.4) is 0 Å². The Kier molecular flexibility index (Phi) is 3.80. The van der Waals surface area contributed by atoms with Crippen LogP contribution in [0.5, 0.6) is 0 Å². The predicted octanol–water partition coefficient (Wildman–Crippen LogP) is 3.35. The van der Waals surface area contributed by atoms with Gasteiger partial charge in [-0.25, -0.2) is 9.48 Å². The molecule has 0 fully saturated rings. The molecule has 1 amide bonds. The Morgan fingerprint density at radius 3 is 2.50 bits per heavy atom. The van der Waals surface area contributed by atoms with Crippen LogP contribution in [0.2, 0.25) is 0 Å². The van der Waals surface area contributed by atoms with Crippen molar-refractivity contribution in [2.45, 2.75) is 19.3 Å². The van der Waals surface area contributed by atoms with Gasteiger partial charge in [-0.3, -0.25) is 4.79 Å². The molecule has 0 saturated heterocycles. The van der Waals surface area contributed by atoms with Crippen molar-refractivity contribution in [3.8, 4) is 5.69 Å². The minimum Gasteiger partial charge on any atom is -0.478 e. The Labute approximate surface area is 150 Å². The van der Waals surface area contributed by atoms with Crippen molar-refractivity contribution in [1.29, 1.82) is 0 Å². The highest BCUT2D eigenvalue weighted by atomic mass is 16.4. The molecule has 2 N–H and O–H groups in total. The van der Waals surface area contributed by atoms with Gasteiger partial charge in [0.05, 0.1) is 17.4 Å². The van der Waals surface area contributed by atoms with Crippen molar-refractivity contribution >= 4 is 17.7 Å². The topological polar surface area (TPSA) is 84.2 Å². The maximum absolute atomic E-state index is 12.3. The minimum absolute atomic E-state index is 0.0846. The summed E-state index contributed by atoms with van der Waals surface area (Å²) < 4.78 is 1.73. The number of aromatic nitrogens is 2. The molecule has 2 heterocycles. The van der Waals surface area contributed by atoms with Crippen LogP contribution in [-0.4, -0.2) is 26.8 Å². The van der Waals surface area contributed by atoms with E-state index in [0.717, 1.165) is 22.4 Å². The second kappa shape index (κ2) is 6.15. The van der Waals surface area contributed by atoms with E-state index >= 15 is 0 Å². The zero-order valence-electron chi connectivity index (χ0n) is 14.1. The zero-order valence-corrected chi connectivity index (χ0v) is 14.1. The number of carboxylic acid groups (broad SMARTS) is 1. The lowest BCUT2D eigenvalue weighted by molar-refractivity contribution is -0.116. The average Bonchev–Trinajstić information content (AvgIpc) is 3.05. The number of anilines is 1. The number of hydrogen-bond acceptors (Lipinski definition) is 3. The van der Waals surface area contributed by atoms with Gasteiger partial charge in [0.2, 0.25) is 5.91 Å². The first-order valence-corrected chi connectivity index (χ1v) is 8.31. The molecule has 0 radical (unpaired) electrons. The number of benzene rings is 2. The van der Waals surface area contributed by atoms with Crippen molar-refractivity contribution in [2.75, 3.05) is 5.32 Å². The summed E-state index contributed by atoms with van der Waals surface area (Å²) in [7, 11) is 0. The highest BCUT2D eigenvalue weighted by Gasteiger charge is 2.30. The number of rotatable bonds is 3. The summed E-state index contributed by atoms with van der Waals surface area (Å²) in [6.07, 6.45) is 2.07. The number of nitrogens with zero attached hydrogens (tertiary/aromatic N) is 2. The number of amides is 1. The standard InChI is InChI=1S/C20H17N3O3/c1-12-2-8-15(9-3-12)23-19-17(11-21-23)16(10-18(24)22-19)13-4-6-14(7-5-13)20(25)26/h2-9,11,16H,10H2,1H3,(H,22,24)(H,25,26)/t16-/m1/s1. The Balaban J connectivity index is 1.76. The van der Waals surface area contributed by atoms with E-state index in [9.17, 15) is 9.59 Å². The van der Waals surface area contributed by atoms with E-state index < -0.39 is 5.97 Å². The van der Waals surface area contributed by atoms with Crippen LogP contribution < -0.4 is 5.32 Å². The zero-order chi connectivity index (χ0) is 18.3. The van der Waals surface area contributed by atoms with E-state index in [1.807, 2.05) is 31.2 Å². The third-order valence-electron chi connectivity index (χ3n) is 4.66. The van der Waals surface area contributed by atoms with Crippen LogP contribution in [0, 0.1) is 6.92 Å². The SMILES string of the molecule is Cc1ccc(-n2ncc3c2NC(=O)C[C@@H]3c2ccc(C(=O)O)cc2)cc1. The number of carbonyl (C=O) groups is 2. The molecule has 3 aromatic rings. The molecule has 2 aromatic carbocycles. The molecule has 0 saturated carbocycles. The number of aromatic carboxylic acids is 1. The van der Waals surface area contributed by atoms with Gasteiger partial charge in [-0.1, -0.05) is 29.8 Å². The Bertz CT molecular complexity index is 988. The molecular weight excluding hydrogens is 330 g/mol. The van der Waals surface area contributed by atoms with Crippen molar-refractivity contribution in [3.05, 3.63) is 77.0 Å². The summed E-state index contributed by atoms with van der Waals surface area (Å²) in [6.45, 7) is 2.01. The molecule has 1 atom stereocenters. The van der Waals surface area contributed by atoms with Gasteiger partial charge < -0.3 is 10.4 Å². The molecule has 1 aromatic heterocycles. The number of nitrogens with one attached hydrogen (secondary N) is 1. The number of aryl methyl sites for hydroxylation is 1. The molecule has 4 rings (SSSR count). The van der Waals surface area contributed by atoms with Crippen molar-refractivity contribution in [1.82, 2.24) is 9.78 Å². The van der Waals surface area contributed by atoms with Crippen molar-refractivity contribution in [3.63, 3.8) is 0 Å². The minimum atomic E-state index is -0.967. The molecule has 1 aliphatic heterocycles. The first kappa shape index (κ1) is 16.1. The van der Waals surface area contributed by atoms with Crippen LogP contribution in [0.25, 0.3) is 5.69 Å². The van der Waals surface area contributed by atoms with Crippen molar-refractivity contribution < 1.29 is 14.7 Å². The largest absolute Gasteiger partial charge is 0.478 e. The first-order chi connectivity index (χ1) is 12.5. The Morgan fingerprint density at radius 2 is 1.85 bits per heavy atom. The number of hydrogen-bond donors (Lipinski definition) is 2. The van der Waals surface area contributed by atoms with Gasteiger partial charge >= 0.3 is 5.97 Å². The van der Waals surface area contributed by atoms with Crippen LogP contribution in [0.1, 0.15) is 39.4 Å². The van der Waals surface area contributed by atoms with E-state index in [2.05, 4.69) is 10.4 Å². The molecule has 0 spiro atoms. The monoisotopic (exact) mass is 347 g/mol. The second-order valence-electron chi connectivity index (χ2n) is 6.43. The normalized spacial score (nSPS) is 16.0. The molecular formula is C20H17N3O3. The number of carbonyl (C=O) groups excluding carboxylic acids is 1. The number of fused-ring (bicyclic) bond motifs is 1. The predicted molar refractivity (Wildman–Crippen MR) is 96.8 cm³/mol. The highest BCUT2D eigenvalue weighted by Crippen LogP contribution is 2.38. The molecule has 26 heavy (non-hydrogen) atoms. The van der Waals surface area contributed by atoms with Crippen molar-refractivity contribution in [2.24, 2.45) is 0 Å². The lowest BCUT2D eigenvalue weighted by Gasteiger charge is -2.24. The van der Waals surface area contributed by atoms with Gasteiger partial charge in [-0.15, -0.1) is 0 Å². The maximum atomic E-state index is 12.3. The molecule has 6 heteroatoms. The van der Waals surface area contributed by atoms with Crippen LogP contribution >= 0.6 is 0 Å². The quantitative estimate of drug-likeness (QED) is 0.761. The molecule has 0 unspecified atom stereocenters. The Hall–Kier alpha value is -3.41. The van der Waals surface area contributed by atoms with Gasteiger partial charge in [0, 0.05) is 17.9 Å². The van der Waals surface area contributed by atoms with Gasteiger partial charge in [0.25, 0.3) is 0 Å². The first-order valence-electron chi connectivity index (χ1n) is 8.31. The molecule has 6 nitrogen and oxygen atoms in total. The van der Waals surface area contributed by atoms with Gasteiger partial charge in [-0.2, -0.15) is 5.10 Å². The summed E-state index contributed by atoms with van der Waals surface area (Å²) in [6, 6.07) is 14.6. The molecule has 0 bridgehead atoms. The van der Waals surface area contributed by atoms with E-state index in [1.165, 1.54) is 0 Å². The van der Waals surface area contributed by atoms with E-state index in [-0.39, 0.29) is 17.4 Å². The summed E-state index contributed by atoms with van der Waals surface area (Å²) in [5.41, 5.74) is 4.07. The summed E-state index contributed by atoms with van der Waals surface area (Å²) in [5.74, 6) is -0.539. The van der Waals surface area contributed by atoms with Crippen LogP contribution in [0.15, 0.2) is 54.7 Å². The summed E-state index contributed by atoms with van der Waals surface area (Å²) in [5, 5.41) is 16.4. The summed E-state index contributed by atoms with van der Waals surface area (Å²) in [4.78, 5) is 23.3. The third-order valence-corrected chi connectivity index (χ3v) is 4.66. The Morgan fingerprint density at radius 1 is 1.15 bits per heavy atom. The highest BCUT2D eigenvalue weighted by molar-refractivity contribution is 5.94. The second-order valence-corrected chi connectivity index (χ2v) is 6.43. The van der Waals surface area contributed by atoms with Gasteiger partial charge in [0.15, 0.2) is 0 Å². The van der Waals surface area contributed by atoms with E-state index in [4.69, 9.17) is 5.11 Å². The van der Waals surface area contributed by atoms with Crippen LogP contribution in [-0.2, 0) is 4.79 Å². The average molecular weight is 347 g/mol. The maximum Gasteiger partial charge on any atom is 0.335 e. The molecule has 0 aliphatic carbocycles. The fourth-order valence-electron chi connectivity index (χ4n) is 3.26. The smallest absolute Gasteiger partial charge is 0.335 e. The summed E-state index contributed by atoms with van der Waals surface area (Å²) >= 11 is 0. The molecule has 130 valence electrons. The number of carboxylic acids is 1. The van der Waals surface area contributed by atoms with Crippen LogP contribution in [0.4, 0.5) is 5.82 Å². The lowest BCUT2D eigenvalue weighted by Crippen LogP contribution is -2.24. The van der Waals surface area contributed by atoms with Gasteiger partial charge in [-0.05, 0) is 36.8 Å². The fourth-order valence-corrected chi connectivity index (χ4v) is 3.26. The lowest BCUT2D eigenvalue weighted by atomic mass is 9.87. The van der Waals surface area contributed by atoms with Gasteiger partial charge in [0.1, 0.15) is 5.82 Å². The molecule has 1 aliphatic rings. The van der Waals surface area contributed by atoms with E-state index in [0.29, 0.717) is 12.2 Å². The fraction of sp³-hybridized carbons (Fsp3) is 0.150. The van der Waals surface area contributed by atoms with E-state index in [1.54, 1.807) is 35.1 Å². The third kappa shape index (κ3) is 2.75.